The zero-order chi connectivity index (χ0) is 15.1. The molecular formula is C12H14N2O6. The Bertz CT molecular complexity index is 453. The van der Waals surface area contributed by atoms with Crippen molar-refractivity contribution in [3.05, 3.63) is 12.2 Å². The Morgan fingerprint density at radius 2 is 1.85 bits per heavy atom. The first-order chi connectivity index (χ1) is 9.43. The van der Waals surface area contributed by atoms with Crippen LogP contribution in [0.2, 0.25) is 0 Å². The van der Waals surface area contributed by atoms with Gasteiger partial charge in [-0.05, 0) is 6.42 Å². The molecule has 1 rings (SSSR count). The van der Waals surface area contributed by atoms with E-state index in [2.05, 4.69) is 5.32 Å². The highest BCUT2D eigenvalue weighted by atomic mass is 16.4. The molecule has 0 aromatic heterocycles. The van der Waals surface area contributed by atoms with Crippen LogP contribution in [0, 0.1) is 0 Å². The molecule has 1 heterocycles. The van der Waals surface area contributed by atoms with Gasteiger partial charge in [-0.15, -0.1) is 0 Å². The standard InChI is InChI=1S/C12H14N2O6/c15-7-8(1-4-12(19)20)13-9(16)5-6-14-10(17)2-3-11(14)18/h2-3,7-8H,1,4-6H2,(H,13,16)(H,19,20)/t8-/m0/s1. The van der Waals surface area contributed by atoms with E-state index in [-0.39, 0.29) is 25.8 Å². The molecule has 1 aliphatic heterocycles. The number of aldehydes is 1. The maximum Gasteiger partial charge on any atom is 0.303 e. The van der Waals surface area contributed by atoms with E-state index in [9.17, 15) is 24.0 Å². The molecule has 0 bridgehead atoms. The number of nitrogens with zero attached hydrogens (tertiary/aromatic N) is 1. The third kappa shape index (κ3) is 4.63. The zero-order valence-electron chi connectivity index (χ0n) is 10.6. The molecule has 20 heavy (non-hydrogen) atoms. The van der Waals surface area contributed by atoms with Gasteiger partial charge >= 0.3 is 5.97 Å². The molecule has 1 aliphatic rings. The zero-order valence-corrected chi connectivity index (χ0v) is 10.6. The first-order valence-electron chi connectivity index (χ1n) is 5.94. The third-order valence-corrected chi connectivity index (χ3v) is 2.64. The first-order valence-corrected chi connectivity index (χ1v) is 5.94. The van der Waals surface area contributed by atoms with E-state index in [0.29, 0.717) is 6.29 Å². The Morgan fingerprint density at radius 1 is 1.25 bits per heavy atom. The summed E-state index contributed by atoms with van der Waals surface area (Å²) >= 11 is 0. The van der Waals surface area contributed by atoms with Crippen molar-refractivity contribution in [1.29, 1.82) is 0 Å². The van der Waals surface area contributed by atoms with E-state index >= 15 is 0 Å². The topological polar surface area (TPSA) is 121 Å². The van der Waals surface area contributed by atoms with Crippen molar-refractivity contribution in [3.63, 3.8) is 0 Å². The SMILES string of the molecule is O=C[C@H](CCC(=O)O)NC(=O)CCN1C(=O)C=CC1=O. The average molecular weight is 282 g/mol. The fourth-order valence-corrected chi connectivity index (χ4v) is 1.60. The molecule has 0 spiro atoms. The number of carbonyl (C=O) groups excluding carboxylic acids is 4. The number of aliphatic carboxylic acids is 1. The van der Waals surface area contributed by atoms with Crippen LogP contribution in [0.25, 0.3) is 0 Å². The van der Waals surface area contributed by atoms with Crippen molar-refractivity contribution in [2.24, 2.45) is 0 Å². The summed E-state index contributed by atoms with van der Waals surface area (Å²) in [6, 6.07) is -0.887. The highest BCUT2D eigenvalue weighted by molar-refractivity contribution is 6.13. The molecule has 2 N–H and O–H groups in total. The van der Waals surface area contributed by atoms with Crippen LogP contribution in [-0.4, -0.2) is 52.6 Å². The summed E-state index contributed by atoms with van der Waals surface area (Å²) in [5.74, 6) is -2.56. The minimum Gasteiger partial charge on any atom is -0.481 e. The van der Waals surface area contributed by atoms with Gasteiger partial charge < -0.3 is 15.2 Å². The highest BCUT2D eigenvalue weighted by Gasteiger charge is 2.24. The molecule has 108 valence electrons. The maximum atomic E-state index is 11.5. The molecule has 3 amide bonds. The second-order valence-electron chi connectivity index (χ2n) is 4.15. The maximum absolute atomic E-state index is 11.5. The summed E-state index contributed by atoms with van der Waals surface area (Å²) in [5, 5.41) is 10.8. The molecule has 0 unspecified atom stereocenters. The molecule has 1 atom stereocenters. The highest BCUT2D eigenvalue weighted by Crippen LogP contribution is 2.04. The van der Waals surface area contributed by atoms with Crippen molar-refractivity contribution < 1.29 is 29.1 Å². The quantitative estimate of drug-likeness (QED) is 0.428. The molecule has 0 saturated heterocycles. The fraction of sp³-hybridized carbons (Fsp3) is 0.417. The Balaban J connectivity index is 2.35. The second kappa shape index (κ2) is 7.17. The molecule has 0 radical (unpaired) electrons. The lowest BCUT2D eigenvalue weighted by Gasteiger charge is -2.15. The largest absolute Gasteiger partial charge is 0.481 e. The van der Waals surface area contributed by atoms with E-state index in [4.69, 9.17) is 5.11 Å². The van der Waals surface area contributed by atoms with E-state index in [1.807, 2.05) is 0 Å². The third-order valence-electron chi connectivity index (χ3n) is 2.64. The lowest BCUT2D eigenvalue weighted by atomic mass is 10.1. The minimum absolute atomic E-state index is 0.00625. The monoisotopic (exact) mass is 282 g/mol. The van der Waals surface area contributed by atoms with Gasteiger partial charge in [0.15, 0.2) is 0 Å². The van der Waals surface area contributed by atoms with E-state index in [1.54, 1.807) is 0 Å². The van der Waals surface area contributed by atoms with Crippen LogP contribution in [0.4, 0.5) is 0 Å². The van der Waals surface area contributed by atoms with Gasteiger partial charge in [0.25, 0.3) is 11.8 Å². The normalized spacial score (nSPS) is 15.3. The van der Waals surface area contributed by atoms with Crippen LogP contribution in [0.15, 0.2) is 12.2 Å². The van der Waals surface area contributed by atoms with Crippen LogP contribution in [0.3, 0.4) is 0 Å². The molecule has 0 aromatic carbocycles. The van der Waals surface area contributed by atoms with Gasteiger partial charge in [-0.2, -0.15) is 0 Å². The van der Waals surface area contributed by atoms with E-state index in [1.165, 1.54) is 0 Å². The Kier molecular flexibility index (Phi) is 5.57. The van der Waals surface area contributed by atoms with Crippen LogP contribution in [0.5, 0.6) is 0 Å². The lowest BCUT2D eigenvalue weighted by Crippen LogP contribution is -2.39. The van der Waals surface area contributed by atoms with Crippen LogP contribution >= 0.6 is 0 Å². The molecular weight excluding hydrogens is 268 g/mol. The predicted molar refractivity (Wildman–Crippen MR) is 65.3 cm³/mol. The summed E-state index contributed by atoms with van der Waals surface area (Å²) in [7, 11) is 0. The molecule has 8 heteroatoms. The van der Waals surface area contributed by atoms with Gasteiger partial charge in [-0.1, -0.05) is 0 Å². The second-order valence-corrected chi connectivity index (χ2v) is 4.15. The summed E-state index contributed by atoms with van der Waals surface area (Å²) in [5.41, 5.74) is 0. The van der Waals surface area contributed by atoms with Gasteiger partial charge in [-0.25, -0.2) is 0 Å². The number of hydrogen-bond acceptors (Lipinski definition) is 5. The Morgan fingerprint density at radius 3 is 2.35 bits per heavy atom. The van der Waals surface area contributed by atoms with Gasteiger partial charge in [-0.3, -0.25) is 24.1 Å². The molecule has 0 fully saturated rings. The number of carboxylic acids is 1. The molecule has 0 aromatic rings. The lowest BCUT2D eigenvalue weighted by molar-refractivity contribution is -0.139. The summed E-state index contributed by atoms with van der Waals surface area (Å²) in [6.07, 6.45) is 2.29. The van der Waals surface area contributed by atoms with Crippen molar-refractivity contribution in [3.8, 4) is 0 Å². The molecule has 0 aliphatic carbocycles. The van der Waals surface area contributed by atoms with Crippen LogP contribution in [0.1, 0.15) is 19.3 Å². The van der Waals surface area contributed by atoms with Gasteiger partial charge in [0.2, 0.25) is 5.91 Å². The average Bonchev–Trinajstić information content (AvgIpc) is 2.71. The minimum atomic E-state index is -1.06. The predicted octanol–water partition coefficient (Wildman–Crippen LogP) is -1.15. The van der Waals surface area contributed by atoms with Crippen LogP contribution in [-0.2, 0) is 24.0 Å². The first kappa shape index (κ1) is 15.5. The van der Waals surface area contributed by atoms with Gasteiger partial charge in [0, 0.05) is 31.5 Å². The number of hydrogen-bond donors (Lipinski definition) is 2. The Hall–Kier alpha value is -2.51. The number of amides is 3. The number of carbonyl (C=O) groups is 5. The summed E-state index contributed by atoms with van der Waals surface area (Å²) < 4.78 is 0. The van der Waals surface area contributed by atoms with Gasteiger partial charge in [0.1, 0.15) is 6.29 Å². The summed E-state index contributed by atoms with van der Waals surface area (Å²) in [6.45, 7) is -0.0823. The molecule has 8 nitrogen and oxygen atoms in total. The van der Waals surface area contributed by atoms with Crippen molar-refractivity contribution in [2.45, 2.75) is 25.3 Å². The van der Waals surface area contributed by atoms with Crippen molar-refractivity contribution in [1.82, 2.24) is 10.2 Å². The number of imide groups is 1. The number of carboxylic acid groups (broad SMARTS) is 1. The molecule has 0 saturated carbocycles. The summed E-state index contributed by atoms with van der Waals surface area (Å²) in [4.78, 5) is 55.9. The van der Waals surface area contributed by atoms with E-state index < -0.39 is 29.7 Å². The number of nitrogens with one attached hydrogen (secondary N) is 1. The van der Waals surface area contributed by atoms with Gasteiger partial charge in [0.05, 0.1) is 6.04 Å². The smallest absolute Gasteiger partial charge is 0.303 e. The Labute approximate surface area is 114 Å². The van der Waals surface area contributed by atoms with E-state index in [0.717, 1.165) is 17.1 Å². The van der Waals surface area contributed by atoms with Crippen molar-refractivity contribution >= 4 is 30.0 Å². The fourth-order valence-electron chi connectivity index (χ4n) is 1.60. The van der Waals surface area contributed by atoms with Crippen molar-refractivity contribution in [2.75, 3.05) is 6.54 Å². The number of rotatable bonds is 8. The van der Waals surface area contributed by atoms with Crippen LogP contribution < -0.4 is 5.32 Å².